The fraction of sp³-hybridized carbons (Fsp3) is 0.300. The van der Waals surface area contributed by atoms with Crippen molar-refractivity contribution in [2.75, 3.05) is 12.9 Å². The first-order valence-electron chi connectivity index (χ1n) is 4.30. The number of ketones is 1. The lowest BCUT2D eigenvalue weighted by Gasteiger charge is -2.05. The van der Waals surface area contributed by atoms with Gasteiger partial charge >= 0.3 is 5.51 Å². The molecule has 1 aromatic rings. The van der Waals surface area contributed by atoms with Crippen molar-refractivity contribution in [3.63, 3.8) is 0 Å². The minimum absolute atomic E-state index is 0.248. The van der Waals surface area contributed by atoms with E-state index in [1.54, 1.807) is 0 Å². The molecule has 0 spiro atoms. The van der Waals surface area contributed by atoms with Gasteiger partial charge in [0.1, 0.15) is 5.75 Å². The van der Waals surface area contributed by atoms with Gasteiger partial charge in [0.2, 0.25) is 0 Å². The van der Waals surface area contributed by atoms with Crippen molar-refractivity contribution in [3.8, 4) is 5.75 Å². The van der Waals surface area contributed by atoms with Crippen LogP contribution in [0.5, 0.6) is 5.75 Å². The molecule has 0 fully saturated rings. The molecule has 0 saturated carbocycles. The summed E-state index contributed by atoms with van der Waals surface area (Å²) in [6.45, 7) is 0. The number of carbonyl (C=O) groups is 1. The number of hydrogen-bond acceptors (Lipinski definition) is 3. The molecule has 0 unspecified atom stereocenters. The van der Waals surface area contributed by atoms with E-state index in [4.69, 9.17) is 4.74 Å². The first-order chi connectivity index (χ1) is 7.42. The highest BCUT2D eigenvalue weighted by molar-refractivity contribution is 8.00. The monoisotopic (exact) mass is 250 g/mol. The lowest BCUT2D eigenvalue weighted by atomic mass is 10.1. The topological polar surface area (TPSA) is 26.3 Å². The quantitative estimate of drug-likeness (QED) is 0.768. The van der Waals surface area contributed by atoms with E-state index >= 15 is 0 Å². The minimum Gasteiger partial charge on any atom is -0.497 e. The summed E-state index contributed by atoms with van der Waals surface area (Å²) in [5.41, 5.74) is -4.13. The van der Waals surface area contributed by atoms with Gasteiger partial charge in [-0.1, -0.05) is 0 Å². The van der Waals surface area contributed by atoms with Gasteiger partial charge in [-0.2, -0.15) is 13.2 Å². The molecule has 0 atom stereocenters. The number of carbonyl (C=O) groups excluding carboxylic acids is 1. The zero-order valence-electron chi connectivity index (χ0n) is 8.38. The molecule has 0 aromatic heterocycles. The summed E-state index contributed by atoms with van der Waals surface area (Å²) >= 11 is -0.334. The van der Waals surface area contributed by atoms with Crippen LogP contribution in [0.1, 0.15) is 10.4 Å². The van der Waals surface area contributed by atoms with Gasteiger partial charge in [0, 0.05) is 5.56 Å². The Labute approximate surface area is 94.8 Å². The Morgan fingerprint density at radius 1 is 1.31 bits per heavy atom. The van der Waals surface area contributed by atoms with Crippen molar-refractivity contribution in [1.82, 2.24) is 0 Å². The molecule has 0 heterocycles. The summed E-state index contributed by atoms with van der Waals surface area (Å²) in [7, 11) is 1.47. The summed E-state index contributed by atoms with van der Waals surface area (Å²) in [6, 6.07) is 5.95. The molecule has 88 valence electrons. The van der Waals surface area contributed by atoms with Crippen molar-refractivity contribution in [3.05, 3.63) is 29.8 Å². The van der Waals surface area contributed by atoms with Crippen LogP contribution in [0.15, 0.2) is 24.3 Å². The van der Waals surface area contributed by atoms with Gasteiger partial charge in [-0.3, -0.25) is 4.79 Å². The second-order valence-electron chi connectivity index (χ2n) is 2.89. The Balaban J connectivity index is 2.59. The number of halogens is 3. The maximum Gasteiger partial charge on any atom is 0.442 e. The Kier molecular flexibility index (Phi) is 4.23. The van der Waals surface area contributed by atoms with Crippen molar-refractivity contribution in [1.29, 1.82) is 0 Å². The summed E-state index contributed by atoms with van der Waals surface area (Å²) in [6.07, 6.45) is 0. The third-order valence-electron chi connectivity index (χ3n) is 1.78. The van der Waals surface area contributed by atoms with Crippen LogP contribution in [0.2, 0.25) is 0 Å². The molecule has 1 aromatic carbocycles. The van der Waals surface area contributed by atoms with Crippen LogP contribution in [0.3, 0.4) is 0 Å². The van der Waals surface area contributed by atoms with Crippen LogP contribution in [-0.2, 0) is 0 Å². The van der Waals surface area contributed by atoms with Crippen molar-refractivity contribution >= 4 is 17.5 Å². The summed E-state index contributed by atoms with van der Waals surface area (Å²) in [5.74, 6) is -0.597. The van der Waals surface area contributed by atoms with E-state index < -0.39 is 17.0 Å². The molecule has 0 saturated heterocycles. The van der Waals surface area contributed by atoms with Crippen molar-refractivity contribution < 1.29 is 22.7 Å². The van der Waals surface area contributed by atoms with Gasteiger partial charge in [0.05, 0.1) is 12.9 Å². The maximum atomic E-state index is 11.8. The van der Waals surface area contributed by atoms with Crippen LogP contribution in [0.4, 0.5) is 13.2 Å². The van der Waals surface area contributed by atoms with Crippen molar-refractivity contribution in [2.24, 2.45) is 0 Å². The fourth-order valence-corrected chi connectivity index (χ4v) is 1.47. The van der Waals surface area contributed by atoms with E-state index in [2.05, 4.69) is 0 Å². The summed E-state index contributed by atoms with van der Waals surface area (Å²) in [5, 5.41) is 0. The molecule has 16 heavy (non-hydrogen) atoms. The van der Waals surface area contributed by atoms with E-state index in [0.29, 0.717) is 5.75 Å². The van der Waals surface area contributed by atoms with Gasteiger partial charge in [0.15, 0.2) is 5.78 Å². The van der Waals surface area contributed by atoms with E-state index in [1.165, 1.54) is 31.4 Å². The number of thioether (sulfide) groups is 1. The number of rotatable bonds is 4. The predicted octanol–water partition coefficient (Wildman–Crippen LogP) is 3.13. The highest BCUT2D eigenvalue weighted by Crippen LogP contribution is 2.30. The van der Waals surface area contributed by atoms with Crippen molar-refractivity contribution in [2.45, 2.75) is 5.51 Å². The predicted molar refractivity (Wildman–Crippen MR) is 55.8 cm³/mol. The highest BCUT2D eigenvalue weighted by Gasteiger charge is 2.29. The Bertz CT molecular complexity index is 359. The van der Waals surface area contributed by atoms with Gasteiger partial charge in [0.25, 0.3) is 0 Å². The van der Waals surface area contributed by atoms with E-state index in [0.717, 1.165) is 0 Å². The molecule has 0 amide bonds. The molecular formula is C10H9F3O2S. The number of alkyl halides is 3. The molecule has 0 aliphatic carbocycles. The molecular weight excluding hydrogens is 241 g/mol. The lowest BCUT2D eigenvalue weighted by molar-refractivity contribution is -0.0327. The molecule has 2 nitrogen and oxygen atoms in total. The van der Waals surface area contributed by atoms with Crippen LogP contribution in [0.25, 0.3) is 0 Å². The average Bonchev–Trinajstić information content (AvgIpc) is 2.25. The zero-order valence-corrected chi connectivity index (χ0v) is 9.19. The number of hydrogen-bond donors (Lipinski definition) is 0. The smallest absolute Gasteiger partial charge is 0.442 e. The first-order valence-corrected chi connectivity index (χ1v) is 5.29. The van der Waals surface area contributed by atoms with Gasteiger partial charge in [-0.25, -0.2) is 0 Å². The van der Waals surface area contributed by atoms with Crippen LogP contribution >= 0.6 is 11.8 Å². The molecule has 6 heteroatoms. The van der Waals surface area contributed by atoms with E-state index in [-0.39, 0.29) is 17.3 Å². The zero-order chi connectivity index (χ0) is 12.2. The fourth-order valence-electron chi connectivity index (χ4n) is 1.01. The molecule has 0 N–H and O–H groups in total. The third-order valence-corrected chi connectivity index (χ3v) is 2.51. The minimum atomic E-state index is -4.37. The third kappa shape index (κ3) is 4.14. The largest absolute Gasteiger partial charge is 0.497 e. The number of Topliss-reactive ketones (excluding diaryl/α,β-unsaturated/α-hetero) is 1. The van der Waals surface area contributed by atoms with E-state index in [1.807, 2.05) is 0 Å². The Hall–Kier alpha value is -1.17. The Morgan fingerprint density at radius 3 is 2.31 bits per heavy atom. The lowest BCUT2D eigenvalue weighted by Crippen LogP contribution is -2.09. The highest BCUT2D eigenvalue weighted by atomic mass is 32.2. The van der Waals surface area contributed by atoms with Gasteiger partial charge in [-0.05, 0) is 36.0 Å². The average molecular weight is 250 g/mol. The number of ether oxygens (including phenoxy) is 1. The first kappa shape index (κ1) is 12.9. The molecule has 1 rings (SSSR count). The second-order valence-corrected chi connectivity index (χ2v) is 3.93. The molecule has 0 radical (unpaired) electrons. The normalized spacial score (nSPS) is 11.2. The summed E-state index contributed by atoms with van der Waals surface area (Å²) in [4.78, 5) is 11.3. The van der Waals surface area contributed by atoms with Gasteiger partial charge < -0.3 is 4.74 Å². The standard InChI is InChI=1S/C10H9F3O2S/c1-15-8-4-2-7(3-5-8)9(14)6-16-10(11,12)13/h2-5H,6H2,1H3. The SMILES string of the molecule is COc1ccc(C(=O)CSC(F)(F)F)cc1. The summed E-state index contributed by atoms with van der Waals surface area (Å²) < 4.78 is 40.4. The number of methoxy groups -OCH3 is 1. The van der Waals surface area contributed by atoms with Crippen LogP contribution in [0, 0.1) is 0 Å². The molecule has 0 aliphatic heterocycles. The Morgan fingerprint density at radius 2 is 1.88 bits per heavy atom. The van der Waals surface area contributed by atoms with Crippen LogP contribution in [-0.4, -0.2) is 24.2 Å². The molecule has 0 aliphatic rings. The van der Waals surface area contributed by atoms with Gasteiger partial charge in [-0.15, -0.1) is 0 Å². The van der Waals surface area contributed by atoms with E-state index in [9.17, 15) is 18.0 Å². The second kappa shape index (κ2) is 5.25. The van der Waals surface area contributed by atoms with Crippen LogP contribution < -0.4 is 4.74 Å². The number of benzene rings is 1. The molecule has 0 bridgehead atoms. The maximum absolute atomic E-state index is 11.8.